The van der Waals surface area contributed by atoms with E-state index in [1.165, 1.54) is 0 Å². The van der Waals surface area contributed by atoms with Crippen molar-refractivity contribution in [2.75, 3.05) is 7.11 Å². The summed E-state index contributed by atoms with van der Waals surface area (Å²) in [6, 6.07) is 12.6. The van der Waals surface area contributed by atoms with Crippen LogP contribution < -0.4 is 9.46 Å². The fourth-order valence-electron chi connectivity index (χ4n) is 3.04. The Morgan fingerprint density at radius 3 is 2.52 bits per heavy atom. The van der Waals surface area contributed by atoms with Gasteiger partial charge in [-0.3, -0.25) is 0 Å². The Morgan fingerprint density at radius 1 is 1.11 bits per heavy atom. The molecule has 7 heteroatoms. The number of rotatable bonds is 6. The van der Waals surface area contributed by atoms with Crippen molar-refractivity contribution < 1.29 is 17.7 Å². The van der Waals surface area contributed by atoms with Gasteiger partial charge in [-0.15, -0.1) is 0 Å². The normalized spacial score (nSPS) is 11.6. The number of hydrogen-bond donors (Lipinski definition) is 1. The van der Waals surface area contributed by atoms with Crippen LogP contribution >= 0.6 is 0 Å². The number of methoxy groups -OCH3 is 1. The summed E-state index contributed by atoms with van der Waals surface area (Å²) in [6.07, 6.45) is 0. The van der Waals surface area contributed by atoms with E-state index >= 15 is 0 Å². The molecule has 0 aliphatic rings. The van der Waals surface area contributed by atoms with Crippen LogP contribution in [0.5, 0.6) is 5.75 Å². The smallest absolute Gasteiger partial charge is 0.241 e. The van der Waals surface area contributed by atoms with E-state index < -0.39 is 10.0 Å². The van der Waals surface area contributed by atoms with Gasteiger partial charge in [0.05, 0.1) is 17.7 Å². The van der Waals surface area contributed by atoms with Crippen molar-refractivity contribution in [1.82, 2.24) is 9.88 Å². The maximum atomic E-state index is 12.9. The number of ether oxygens (including phenoxy) is 1. The maximum absolute atomic E-state index is 12.9. The van der Waals surface area contributed by atoms with Crippen molar-refractivity contribution >= 4 is 10.0 Å². The molecule has 0 atom stereocenters. The molecule has 0 spiro atoms. The Bertz CT molecular complexity index is 1050. The summed E-state index contributed by atoms with van der Waals surface area (Å²) >= 11 is 0. The number of aryl methyl sites for hydroxylation is 3. The summed E-state index contributed by atoms with van der Waals surface area (Å²) in [7, 11) is -2.15. The summed E-state index contributed by atoms with van der Waals surface area (Å²) in [6.45, 7) is 5.55. The predicted molar refractivity (Wildman–Crippen MR) is 103 cm³/mol. The molecule has 0 amide bonds. The third-order valence-electron chi connectivity index (χ3n) is 4.44. The number of para-hydroxylation sites is 1. The highest BCUT2D eigenvalue weighted by Gasteiger charge is 2.20. The molecule has 2 aromatic carbocycles. The van der Waals surface area contributed by atoms with Gasteiger partial charge in [0.15, 0.2) is 0 Å². The fraction of sp³-hybridized carbons (Fsp3) is 0.250. The van der Waals surface area contributed by atoms with Crippen LogP contribution in [0.3, 0.4) is 0 Å². The van der Waals surface area contributed by atoms with Gasteiger partial charge in [0, 0.05) is 17.7 Å². The molecule has 1 N–H and O–H groups in total. The van der Waals surface area contributed by atoms with Crippen molar-refractivity contribution in [3.8, 4) is 16.9 Å². The Labute approximate surface area is 159 Å². The molecule has 0 saturated heterocycles. The van der Waals surface area contributed by atoms with E-state index in [-0.39, 0.29) is 11.4 Å². The summed E-state index contributed by atoms with van der Waals surface area (Å²) < 4.78 is 39.0. The average molecular weight is 386 g/mol. The van der Waals surface area contributed by atoms with E-state index in [1.807, 2.05) is 38.1 Å². The first-order valence-corrected chi connectivity index (χ1v) is 9.97. The van der Waals surface area contributed by atoms with Gasteiger partial charge in [-0.2, -0.15) is 0 Å². The lowest BCUT2D eigenvalue weighted by Gasteiger charge is -2.13. The molecule has 0 fully saturated rings. The van der Waals surface area contributed by atoms with E-state index in [9.17, 15) is 8.42 Å². The van der Waals surface area contributed by atoms with Crippen LogP contribution in [0.15, 0.2) is 51.9 Å². The van der Waals surface area contributed by atoms with E-state index in [4.69, 9.17) is 9.26 Å². The van der Waals surface area contributed by atoms with Gasteiger partial charge in [-0.25, -0.2) is 13.1 Å². The molecule has 0 aliphatic heterocycles. The van der Waals surface area contributed by atoms with E-state index in [0.29, 0.717) is 17.1 Å². The highest BCUT2D eigenvalue weighted by Crippen LogP contribution is 2.30. The second-order valence-electron chi connectivity index (χ2n) is 6.32. The second-order valence-corrected chi connectivity index (χ2v) is 8.05. The van der Waals surface area contributed by atoms with E-state index in [1.54, 1.807) is 32.2 Å². The molecule has 0 bridgehead atoms. The van der Waals surface area contributed by atoms with Gasteiger partial charge >= 0.3 is 0 Å². The zero-order valence-electron chi connectivity index (χ0n) is 15.7. The van der Waals surface area contributed by atoms with Gasteiger partial charge in [0.1, 0.15) is 11.5 Å². The topological polar surface area (TPSA) is 81.4 Å². The first-order chi connectivity index (χ1) is 12.8. The van der Waals surface area contributed by atoms with Gasteiger partial charge in [-0.05, 0) is 44.0 Å². The summed E-state index contributed by atoms with van der Waals surface area (Å²) in [5.41, 5.74) is 3.73. The number of benzene rings is 2. The number of hydrogen-bond acceptors (Lipinski definition) is 5. The molecule has 0 radical (unpaired) electrons. The molecule has 6 nitrogen and oxygen atoms in total. The highest BCUT2D eigenvalue weighted by molar-refractivity contribution is 7.89. The minimum Gasteiger partial charge on any atom is -0.496 e. The zero-order chi connectivity index (χ0) is 19.6. The van der Waals surface area contributed by atoms with Crippen molar-refractivity contribution in [3.63, 3.8) is 0 Å². The molecule has 1 aromatic heterocycles. The lowest BCUT2D eigenvalue weighted by Crippen LogP contribution is -2.24. The Hall–Kier alpha value is -2.64. The molecule has 0 saturated carbocycles. The third kappa shape index (κ3) is 3.89. The number of sulfonamides is 1. The molecule has 142 valence electrons. The molecule has 1 heterocycles. The van der Waals surface area contributed by atoms with Crippen LogP contribution in [0.2, 0.25) is 0 Å². The summed E-state index contributed by atoms with van der Waals surface area (Å²) in [5.74, 6) is 1.29. The van der Waals surface area contributed by atoms with Crippen LogP contribution in [0.1, 0.15) is 22.6 Å². The fourth-order valence-corrected chi connectivity index (χ4v) is 4.31. The number of nitrogens with zero attached hydrogens (tertiary/aromatic N) is 1. The monoisotopic (exact) mass is 386 g/mol. The third-order valence-corrected chi connectivity index (χ3v) is 5.99. The number of nitrogens with one attached hydrogen (secondary N) is 1. The average Bonchev–Trinajstić information content (AvgIpc) is 2.99. The Balaban J connectivity index is 1.94. The minimum absolute atomic E-state index is 0.140. The lowest BCUT2D eigenvalue weighted by molar-refractivity contribution is 0.393. The predicted octanol–water partition coefficient (Wildman–Crippen LogP) is 3.75. The van der Waals surface area contributed by atoms with Crippen LogP contribution in [-0.4, -0.2) is 20.7 Å². The standard InChI is InChI=1S/C20H22N2O4S/c1-13-9-10-16(20-14(2)22-26-15(20)3)11-19(13)27(23,24)21-12-17-7-5-6-8-18(17)25-4/h5-11,21H,12H2,1-4H3. The van der Waals surface area contributed by atoms with Crippen molar-refractivity contribution in [2.24, 2.45) is 0 Å². The van der Waals surface area contributed by atoms with Gasteiger partial charge in [-0.1, -0.05) is 35.5 Å². The largest absolute Gasteiger partial charge is 0.496 e. The lowest BCUT2D eigenvalue weighted by atomic mass is 10.0. The van der Waals surface area contributed by atoms with Crippen LogP contribution in [-0.2, 0) is 16.6 Å². The quantitative estimate of drug-likeness (QED) is 0.698. The van der Waals surface area contributed by atoms with E-state index in [0.717, 1.165) is 22.4 Å². The van der Waals surface area contributed by atoms with Crippen molar-refractivity contribution in [3.05, 3.63) is 65.0 Å². The van der Waals surface area contributed by atoms with Gasteiger partial charge in [0.2, 0.25) is 10.0 Å². The van der Waals surface area contributed by atoms with Crippen LogP contribution in [0, 0.1) is 20.8 Å². The summed E-state index contributed by atoms with van der Waals surface area (Å²) in [5, 5.41) is 3.95. The van der Waals surface area contributed by atoms with Gasteiger partial charge < -0.3 is 9.26 Å². The second kappa shape index (κ2) is 7.54. The highest BCUT2D eigenvalue weighted by atomic mass is 32.2. The first-order valence-electron chi connectivity index (χ1n) is 8.49. The van der Waals surface area contributed by atoms with Gasteiger partial charge in [0.25, 0.3) is 0 Å². The molecule has 3 rings (SSSR count). The van der Waals surface area contributed by atoms with Crippen molar-refractivity contribution in [2.45, 2.75) is 32.2 Å². The first kappa shape index (κ1) is 19.1. The van der Waals surface area contributed by atoms with Crippen LogP contribution in [0.25, 0.3) is 11.1 Å². The molecule has 0 unspecified atom stereocenters. The molecular formula is C20H22N2O4S. The number of aromatic nitrogens is 1. The molecule has 27 heavy (non-hydrogen) atoms. The Kier molecular flexibility index (Phi) is 5.34. The summed E-state index contributed by atoms with van der Waals surface area (Å²) in [4.78, 5) is 0.231. The van der Waals surface area contributed by atoms with Crippen molar-refractivity contribution in [1.29, 1.82) is 0 Å². The van der Waals surface area contributed by atoms with E-state index in [2.05, 4.69) is 9.88 Å². The maximum Gasteiger partial charge on any atom is 0.241 e. The molecule has 0 aliphatic carbocycles. The minimum atomic E-state index is -3.71. The van der Waals surface area contributed by atoms with Crippen LogP contribution in [0.4, 0.5) is 0 Å². The molecule has 3 aromatic rings. The zero-order valence-corrected chi connectivity index (χ0v) is 16.6. The SMILES string of the molecule is COc1ccccc1CNS(=O)(=O)c1cc(-c2c(C)noc2C)ccc1C. The Morgan fingerprint density at radius 2 is 1.85 bits per heavy atom. The molecular weight excluding hydrogens is 364 g/mol.